The van der Waals surface area contributed by atoms with Gasteiger partial charge in [0.05, 0.1) is 16.8 Å². The van der Waals surface area contributed by atoms with Crippen LogP contribution in [-0.2, 0) is 6.67 Å². The molecule has 0 N–H and O–H groups in total. The fourth-order valence-corrected chi connectivity index (χ4v) is 3.42. The highest BCUT2D eigenvalue weighted by Crippen LogP contribution is 2.33. The number of nitrogens with zero attached hydrogens (tertiary/aromatic N) is 2. The summed E-state index contributed by atoms with van der Waals surface area (Å²) >= 11 is 0. The SMILES string of the molecule is C1=Cc2ccccc2N2C[n+]3ccc4ccccc4c3C=C12. The first-order valence-electron chi connectivity index (χ1n) is 7.58. The molecule has 2 aliphatic heterocycles. The lowest BCUT2D eigenvalue weighted by Gasteiger charge is -2.30. The summed E-state index contributed by atoms with van der Waals surface area (Å²) in [7, 11) is 0. The molecule has 22 heavy (non-hydrogen) atoms. The summed E-state index contributed by atoms with van der Waals surface area (Å²) in [5.41, 5.74) is 5.11. The summed E-state index contributed by atoms with van der Waals surface area (Å²) in [6.45, 7) is 0.855. The maximum absolute atomic E-state index is 2.37. The van der Waals surface area contributed by atoms with E-state index in [-0.39, 0.29) is 0 Å². The van der Waals surface area contributed by atoms with Crippen molar-refractivity contribution in [1.82, 2.24) is 0 Å². The summed E-state index contributed by atoms with van der Waals surface area (Å²) in [5, 5.41) is 2.60. The first-order chi connectivity index (χ1) is 10.9. The van der Waals surface area contributed by atoms with Gasteiger partial charge in [0.15, 0.2) is 6.20 Å². The highest BCUT2D eigenvalue weighted by Gasteiger charge is 2.27. The van der Waals surface area contributed by atoms with Crippen LogP contribution >= 0.6 is 0 Å². The predicted molar refractivity (Wildman–Crippen MR) is 90.1 cm³/mol. The molecule has 0 fully saturated rings. The number of rotatable bonds is 0. The third-order valence-electron chi connectivity index (χ3n) is 4.53. The van der Waals surface area contributed by atoms with Gasteiger partial charge in [-0.2, -0.15) is 4.57 Å². The van der Waals surface area contributed by atoms with Crippen molar-refractivity contribution in [2.75, 3.05) is 4.90 Å². The normalized spacial score (nSPS) is 15.1. The first-order valence-corrected chi connectivity index (χ1v) is 7.58. The van der Waals surface area contributed by atoms with Crippen molar-refractivity contribution in [3.05, 3.63) is 83.8 Å². The topological polar surface area (TPSA) is 7.12 Å². The molecular formula is C20H15N2+. The number of anilines is 1. The van der Waals surface area contributed by atoms with Crippen LogP contribution in [0.1, 0.15) is 11.3 Å². The van der Waals surface area contributed by atoms with Gasteiger partial charge in [-0.15, -0.1) is 0 Å². The van der Waals surface area contributed by atoms with E-state index < -0.39 is 0 Å². The Kier molecular flexibility index (Phi) is 2.30. The van der Waals surface area contributed by atoms with Gasteiger partial charge in [-0.1, -0.05) is 42.5 Å². The lowest BCUT2D eigenvalue weighted by atomic mass is 10.0. The minimum atomic E-state index is 0.855. The monoisotopic (exact) mass is 283 g/mol. The Morgan fingerprint density at radius 1 is 0.864 bits per heavy atom. The lowest BCUT2D eigenvalue weighted by molar-refractivity contribution is -0.697. The number of pyridine rings is 1. The van der Waals surface area contributed by atoms with Gasteiger partial charge in [0.25, 0.3) is 0 Å². The van der Waals surface area contributed by atoms with Gasteiger partial charge in [0.2, 0.25) is 12.4 Å². The number of benzene rings is 2. The Morgan fingerprint density at radius 3 is 2.73 bits per heavy atom. The third-order valence-corrected chi connectivity index (χ3v) is 4.53. The lowest BCUT2D eigenvalue weighted by Crippen LogP contribution is -2.49. The maximum atomic E-state index is 2.37. The molecule has 2 aliphatic rings. The molecule has 0 amide bonds. The molecule has 3 aromatic rings. The van der Waals surface area contributed by atoms with E-state index in [1.807, 2.05) is 0 Å². The van der Waals surface area contributed by atoms with Crippen molar-refractivity contribution in [2.45, 2.75) is 6.67 Å². The second-order valence-corrected chi connectivity index (χ2v) is 5.79. The fraction of sp³-hybridized carbons (Fsp3) is 0.0500. The van der Waals surface area contributed by atoms with Crippen LogP contribution in [0.2, 0.25) is 0 Å². The highest BCUT2D eigenvalue weighted by atomic mass is 15.3. The Morgan fingerprint density at radius 2 is 1.73 bits per heavy atom. The maximum Gasteiger partial charge on any atom is 0.228 e. The van der Waals surface area contributed by atoms with Crippen molar-refractivity contribution < 1.29 is 4.57 Å². The molecule has 3 heterocycles. The molecule has 0 saturated carbocycles. The molecule has 2 nitrogen and oxygen atoms in total. The van der Waals surface area contributed by atoms with E-state index in [1.54, 1.807) is 0 Å². The largest absolute Gasteiger partial charge is 0.285 e. The van der Waals surface area contributed by atoms with E-state index in [1.165, 1.54) is 33.4 Å². The van der Waals surface area contributed by atoms with E-state index >= 15 is 0 Å². The van der Waals surface area contributed by atoms with Gasteiger partial charge in [0, 0.05) is 12.1 Å². The average molecular weight is 283 g/mol. The summed E-state index contributed by atoms with van der Waals surface area (Å²) in [6, 6.07) is 19.3. The minimum absolute atomic E-state index is 0.855. The van der Waals surface area contributed by atoms with Crippen LogP contribution in [0, 0.1) is 0 Å². The summed E-state index contributed by atoms with van der Waals surface area (Å²) < 4.78 is 2.32. The predicted octanol–water partition coefficient (Wildman–Crippen LogP) is 3.97. The number of aromatic nitrogens is 1. The molecule has 104 valence electrons. The smallest absolute Gasteiger partial charge is 0.228 e. The quantitative estimate of drug-likeness (QED) is 0.566. The molecule has 2 aromatic carbocycles. The van der Waals surface area contributed by atoms with Crippen LogP contribution < -0.4 is 9.47 Å². The number of para-hydroxylation sites is 1. The van der Waals surface area contributed by atoms with E-state index in [0.717, 1.165) is 6.67 Å². The van der Waals surface area contributed by atoms with Crippen LogP contribution in [0.3, 0.4) is 0 Å². The zero-order chi connectivity index (χ0) is 14.5. The van der Waals surface area contributed by atoms with Crippen LogP contribution in [-0.4, -0.2) is 0 Å². The molecule has 0 bridgehead atoms. The first kappa shape index (κ1) is 11.8. The van der Waals surface area contributed by atoms with E-state index in [9.17, 15) is 0 Å². The molecule has 5 rings (SSSR count). The number of hydrogen-bond acceptors (Lipinski definition) is 1. The van der Waals surface area contributed by atoms with Gasteiger partial charge in [-0.25, -0.2) is 0 Å². The number of hydrogen-bond donors (Lipinski definition) is 0. The number of fused-ring (bicyclic) bond motifs is 6. The van der Waals surface area contributed by atoms with Gasteiger partial charge in [0.1, 0.15) is 0 Å². The second-order valence-electron chi connectivity index (χ2n) is 5.79. The highest BCUT2D eigenvalue weighted by molar-refractivity contribution is 5.90. The summed E-state index contributed by atoms with van der Waals surface area (Å²) in [5.74, 6) is 0. The van der Waals surface area contributed by atoms with Crippen molar-refractivity contribution >= 4 is 28.6 Å². The molecule has 0 spiro atoms. The van der Waals surface area contributed by atoms with Crippen molar-refractivity contribution in [1.29, 1.82) is 0 Å². The zero-order valence-corrected chi connectivity index (χ0v) is 12.1. The molecule has 0 unspecified atom stereocenters. The minimum Gasteiger partial charge on any atom is -0.285 e. The third kappa shape index (κ3) is 1.58. The van der Waals surface area contributed by atoms with Gasteiger partial charge >= 0.3 is 0 Å². The molecule has 0 atom stereocenters. The molecular weight excluding hydrogens is 268 g/mol. The van der Waals surface area contributed by atoms with E-state index in [4.69, 9.17) is 0 Å². The van der Waals surface area contributed by atoms with Crippen LogP contribution in [0.4, 0.5) is 5.69 Å². The molecule has 1 aromatic heterocycles. The Hall–Kier alpha value is -2.87. The Bertz CT molecular complexity index is 966. The number of allylic oxidation sites excluding steroid dienone is 1. The standard InChI is InChI=1S/C20H15N2/c1-3-7-18-15(5-1)11-12-21-14-22-17(13-20(18)21)10-9-16-6-2-4-8-19(16)22/h1-13H,14H2/q+1. The molecule has 0 aliphatic carbocycles. The Labute approximate surface area is 129 Å². The zero-order valence-electron chi connectivity index (χ0n) is 12.1. The summed E-state index contributed by atoms with van der Waals surface area (Å²) in [4.78, 5) is 2.37. The van der Waals surface area contributed by atoms with Crippen molar-refractivity contribution in [2.24, 2.45) is 0 Å². The van der Waals surface area contributed by atoms with Crippen LogP contribution in [0.5, 0.6) is 0 Å². The molecule has 0 saturated heterocycles. The van der Waals surface area contributed by atoms with Gasteiger partial charge in [-0.3, -0.25) is 4.90 Å². The fourth-order valence-electron chi connectivity index (χ4n) is 3.42. The average Bonchev–Trinajstić information content (AvgIpc) is 2.60. The van der Waals surface area contributed by atoms with Gasteiger partial charge in [-0.05, 0) is 29.2 Å². The van der Waals surface area contributed by atoms with Crippen LogP contribution in [0.25, 0.3) is 22.9 Å². The summed E-state index contributed by atoms with van der Waals surface area (Å²) in [6.07, 6.45) is 8.90. The molecule has 0 radical (unpaired) electrons. The van der Waals surface area contributed by atoms with E-state index in [0.29, 0.717) is 0 Å². The van der Waals surface area contributed by atoms with Gasteiger partial charge < -0.3 is 0 Å². The second kappa shape index (κ2) is 4.31. The molecule has 2 heteroatoms. The van der Waals surface area contributed by atoms with Crippen molar-refractivity contribution in [3.63, 3.8) is 0 Å². The van der Waals surface area contributed by atoms with E-state index in [2.05, 4.69) is 88.5 Å². The van der Waals surface area contributed by atoms with Crippen molar-refractivity contribution in [3.8, 4) is 0 Å². The van der Waals surface area contributed by atoms with Crippen LogP contribution in [0.15, 0.2) is 72.6 Å². The Balaban J connectivity index is 1.75.